The molecule has 4 heterocycles. The van der Waals surface area contributed by atoms with Crippen molar-refractivity contribution in [1.82, 2.24) is 24.4 Å². The molecule has 5 rings (SSSR count). The second-order valence-electron chi connectivity index (χ2n) is 11.3. The second kappa shape index (κ2) is 11.5. The first-order chi connectivity index (χ1) is 20.5. The average Bonchev–Trinajstić information content (AvgIpc) is 2.97. The molecule has 1 amide bonds. The smallest absolute Gasteiger partial charge is 0.350 e. The van der Waals surface area contributed by atoms with Gasteiger partial charge in [0.2, 0.25) is 5.91 Å². The Morgan fingerprint density at radius 2 is 1.74 bits per heavy atom. The first-order valence-electron chi connectivity index (χ1n) is 14.2. The summed E-state index contributed by atoms with van der Waals surface area (Å²) in [4.78, 5) is 56.1. The molecule has 0 bridgehead atoms. The van der Waals surface area contributed by atoms with E-state index in [1.54, 1.807) is 11.0 Å². The highest BCUT2D eigenvalue weighted by atomic mass is 19.1. The standard InChI is InChI=1S/C31H34FN7O4/c1-7-24(41)36-12-13-37(19(6)15-36)29-21-14-22(32)27(20-10-8-9-11-23(20)40)39(43)30(21)38(31(42)35-29)28-25(17(2)3)33-16-34-26(28)18(4)5/h7-11,14,16-19,43H,1,12-13,15H2,2-6H3/b27-20-/t19-/m0/s1. The number of halogens is 1. The minimum Gasteiger partial charge on any atom is -0.350 e. The Hall–Kier alpha value is -4.71. The van der Waals surface area contributed by atoms with E-state index >= 15 is 4.39 Å². The van der Waals surface area contributed by atoms with E-state index in [-0.39, 0.29) is 46.6 Å². The van der Waals surface area contributed by atoms with Gasteiger partial charge in [-0.1, -0.05) is 46.4 Å². The third-order valence-electron chi connectivity index (χ3n) is 7.72. The van der Waals surface area contributed by atoms with Crippen molar-refractivity contribution in [2.45, 2.75) is 52.5 Å². The predicted octanol–water partition coefficient (Wildman–Crippen LogP) is 3.96. The molecule has 2 aromatic heterocycles. The van der Waals surface area contributed by atoms with Gasteiger partial charge < -0.3 is 9.80 Å². The summed E-state index contributed by atoms with van der Waals surface area (Å²) in [5.41, 5.74) is 0.333. The highest BCUT2D eigenvalue weighted by molar-refractivity contribution is 6.09. The fraction of sp³-hybridized carbons (Fsp3) is 0.355. The number of aromatic nitrogens is 4. The van der Waals surface area contributed by atoms with Crippen molar-refractivity contribution in [3.05, 3.63) is 87.8 Å². The molecule has 0 radical (unpaired) electrons. The van der Waals surface area contributed by atoms with E-state index in [2.05, 4.69) is 21.5 Å². The largest absolute Gasteiger partial charge is 0.355 e. The highest BCUT2D eigenvalue weighted by Gasteiger charge is 2.38. The summed E-state index contributed by atoms with van der Waals surface area (Å²) in [6.45, 7) is 14.0. The van der Waals surface area contributed by atoms with E-state index in [0.717, 1.165) is 0 Å². The number of anilines is 2. The maximum absolute atomic E-state index is 16.0. The van der Waals surface area contributed by atoms with Crippen LogP contribution in [0.4, 0.5) is 16.0 Å². The van der Waals surface area contributed by atoms with Gasteiger partial charge in [-0.15, -0.1) is 0 Å². The molecule has 2 aliphatic heterocycles. The summed E-state index contributed by atoms with van der Waals surface area (Å²) in [5.74, 6) is -1.85. The molecule has 0 unspecified atom stereocenters. The van der Waals surface area contributed by atoms with Crippen LogP contribution in [0.3, 0.4) is 0 Å². The number of carbonyl (C=O) groups is 2. The van der Waals surface area contributed by atoms with Crippen molar-refractivity contribution in [3.63, 3.8) is 0 Å². The van der Waals surface area contributed by atoms with Gasteiger partial charge in [0.25, 0.3) is 0 Å². The number of ketones is 1. The average molecular weight is 588 g/mol. The van der Waals surface area contributed by atoms with Gasteiger partial charge >= 0.3 is 5.69 Å². The van der Waals surface area contributed by atoms with Gasteiger partial charge in [-0.2, -0.15) is 4.98 Å². The first kappa shape index (κ1) is 29.8. The normalized spacial score (nSPS) is 20.2. The molecule has 0 saturated carbocycles. The number of hydrogen-bond acceptors (Lipinski definition) is 9. The van der Waals surface area contributed by atoms with Crippen molar-refractivity contribution in [2.75, 3.05) is 29.6 Å². The Balaban J connectivity index is 1.83. The number of carbonyl (C=O) groups excluding carboxylic acids is 2. The SMILES string of the molecule is C=CC(=O)N1CCN(c2nc(=O)n(-c3c(C(C)C)ncnc3C(C)C)c3c2C=C(F)/C(=C2\C=CC=CC2=O)N3O)[C@@H](C)C1. The number of nitrogens with zero attached hydrogens (tertiary/aromatic N) is 7. The Bertz CT molecular complexity index is 1680. The van der Waals surface area contributed by atoms with E-state index in [0.29, 0.717) is 41.8 Å². The molecular formula is C31H34FN7O4. The van der Waals surface area contributed by atoms with E-state index in [4.69, 9.17) is 0 Å². The van der Waals surface area contributed by atoms with Crippen LogP contribution in [0.25, 0.3) is 11.8 Å². The monoisotopic (exact) mass is 587 g/mol. The van der Waals surface area contributed by atoms with Crippen molar-refractivity contribution >= 4 is 29.4 Å². The van der Waals surface area contributed by atoms with E-state index in [9.17, 15) is 19.6 Å². The van der Waals surface area contributed by atoms with E-state index in [1.807, 2.05) is 39.5 Å². The predicted molar refractivity (Wildman–Crippen MR) is 161 cm³/mol. The van der Waals surface area contributed by atoms with Crippen LogP contribution in [0, 0.1) is 0 Å². The Morgan fingerprint density at radius 3 is 2.33 bits per heavy atom. The number of piperazine rings is 1. The number of amides is 1. The van der Waals surface area contributed by atoms with E-state index in [1.165, 1.54) is 41.3 Å². The summed E-state index contributed by atoms with van der Waals surface area (Å²) < 4.78 is 17.2. The van der Waals surface area contributed by atoms with Gasteiger partial charge in [0.05, 0.1) is 28.2 Å². The van der Waals surface area contributed by atoms with Gasteiger partial charge in [-0.25, -0.2) is 28.8 Å². The molecule has 1 atom stereocenters. The summed E-state index contributed by atoms with van der Waals surface area (Å²) in [5, 5.41) is 12.3. The molecule has 1 aliphatic carbocycles. The first-order valence-corrected chi connectivity index (χ1v) is 14.2. The van der Waals surface area contributed by atoms with Crippen molar-refractivity contribution in [2.24, 2.45) is 0 Å². The summed E-state index contributed by atoms with van der Waals surface area (Å²) in [6, 6.07) is -0.307. The molecule has 1 fully saturated rings. The number of rotatable bonds is 5. The van der Waals surface area contributed by atoms with Gasteiger partial charge in [-0.05, 0) is 43.1 Å². The molecule has 0 aromatic carbocycles. The number of hydroxylamine groups is 1. The minimum atomic E-state index is -0.878. The molecule has 11 nitrogen and oxygen atoms in total. The summed E-state index contributed by atoms with van der Waals surface area (Å²) >= 11 is 0. The van der Waals surface area contributed by atoms with Crippen LogP contribution in [0.1, 0.15) is 63.4 Å². The maximum atomic E-state index is 16.0. The maximum Gasteiger partial charge on any atom is 0.355 e. The van der Waals surface area contributed by atoms with Crippen LogP contribution in [-0.2, 0) is 9.59 Å². The topological polar surface area (TPSA) is 125 Å². The van der Waals surface area contributed by atoms with Gasteiger partial charge in [-0.3, -0.25) is 14.8 Å². The Morgan fingerprint density at radius 1 is 1.09 bits per heavy atom. The lowest BCUT2D eigenvalue weighted by molar-refractivity contribution is -0.126. The van der Waals surface area contributed by atoms with Gasteiger partial charge in [0, 0.05) is 25.7 Å². The lowest BCUT2D eigenvalue weighted by atomic mass is 9.98. The molecule has 0 spiro atoms. The van der Waals surface area contributed by atoms with Gasteiger partial charge in [0.1, 0.15) is 17.8 Å². The van der Waals surface area contributed by atoms with Crippen LogP contribution in [0.2, 0.25) is 0 Å². The van der Waals surface area contributed by atoms with Gasteiger partial charge in [0.15, 0.2) is 17.4 Å². The molecule has 43 heavy (non-hydrogen) atoms. The quantitative estimate of drug-likeness (QED) is 0.518. The number of fused-ring (bicyclic) bond motifs is 1. The Kier molecular flexibility index (Phi) is 7.98. The third-order valence-corrected chi connectivity index (χ3v) is 7.72. The fourth-order valence-electron chi connectivity index (χ4n) is 5.66. The highest BCUT2D eigenvalue weighted by Crippen LogP contribution is 2.42. The molecule has 12 heteroatoms. The molecule has 3 aliphatic rings. The molecule has 1 N–H and O–H groups in total. The molecule has 2 aromatic rings. The molecular weight excluding hydrogens is 553 g/mol. The number of allylic oxidation sites excluding steroid dienone is 6. The fourth-order valence-corrected chi connectivity index (χ4v) is 5.66. The summed E-state index contributed by atoms with van der Waals surface area (Å²) in [6.07, 6.45) is 9.63. The van der Waals surface area contributed by atoms with Crippen LogP contribution in [-0.4, -0.2) is 67.0 Å². The lowest BCUT2D eigenvalue weighted by Gasteiger charge is -2.41. The van der Waals surface area contributed by atoms with Crippen LogP contribution in [0.5, 0.6) is 0 Å². The van der Waals surface area contributed by atoms with Crippen LogP contribution >= 0.6 is 0 Å². The third kappa shape index (κ3) is 5.11. The van der Waals surface area contributed by atoms with Crippen molar-refractivity contribution in [1.29, 1.82) is 0 Å². The minimum absolute atomic E-state index is 0.0795. The van der Waals surface area contributed by atoms with Crippen molar-refractivity contribution in [3.8, 4) is 5.69 Å². The second-order valence-corrected chi connectivity index (χ2v) is 11.3. The summed E-state index contributed by atoms with van der Waals surface area (Å²) in [7, 11) is 0. The van der Waals surface area contributed by atoms with Crippen LogP contribution in [0.15, 0.2) is 65.2 Å². The zero-order valence-corrected chi connectivity index (χ0v) is 24.8. The molecule has 224 valence electrons. The van der Waals surface area contributed by atoms with E-state index < -0.39 is 23.0 Å². The van der Waals surface area contributed by atoms with Crippen LogP contribution < -0.4 is 15.7 Å². The zero-order valence-electron chi connectivity index (χ0n) is 24.8. The zero-order chi connectivity index (χ0) is 31.2. The molecule has 1 saturated heterocycles. The van der Waals surface area contributed by atoms with Crippen molar-refractivity contribution < 1.29 is 19.2 Å². The lowest BCUT2D eigenvalue weighted by Crippen LogP contribution is -2.54. The Labute approximate surface area is 248 Å². The number of hydrogen-bond donors (Lipinski definition) is 1.